The average Bonchev–Trinajstić information content (AvgIpc) is 3.88. The lowest BCUT2D eigenvalue weighted by molar-refractivity contribution is -0.571. The van der Waals surface area contributed by atoms with Crippen molar-refractivity contribution in [2.75, 3.05) is 0 Å². The van der Waals surface area contributed by atoms with Crippen molar-refractivity contribution in [1.82, 2.24) is 14.1 Å². The van der Waals surface area contributed by atoms with Crippen molar-refractivity contribution < 1.29 is 16.2 Å². The van der Waals surface area contributed by atoms with E-state index in [2.05, 4.69) is 132 Å². The summed E-state index contributed by atoms with van der Waals surface area (Å²) >= 11 is 0. The lowest BCUT2D eigenvalue weighted by Gasteiger charge is -2.20. The molecule has 0 fully saturated rings. The molecule has 5 nitrogen and oxygen atoms in total. The lowest BCUT2D eigenvalue weighted by Crippen LogP contribution is -2.31. The highest BCUT2D eigenvalue weighted by Gasteiger charge is 2.22. The Kier molecular flexibility index (Phi) is 9.47. The highest BCUT2D eigenvalue weighted by atomic mass is 16.5. The quantitative estimate of drug-likeness (QED) is 0.0960. The zero-order valence-electron chi connectivity index (χ0n) is 43.1. The third kappa shape index (κ3) is 8.24. The minimum Gasteiger partial charge on any atom is -0.458 e. The molecule has 0 saturated carbocycles. The van der Waals surface area contributed by atoms with Gasteiger partial charge in [0.15, 0.2) is 0 Å². The predicted octanol–water partition coefficient (Wildman–Crippen LogP) is 15.0. The highest BCUT2D eigenvalue weighted by molar-refractivity contribution is 6.09. The van der Waals surface area contributed by atoms with Gasteiger partial charge in [-0.15, -0.1) is 0 Å². The molecule has 7 aromatic carbocycles. The van der Waals surface area contributed by atoms with Crippen molar-refractivity contribution in [3.63, 3.8) is 0 Å². The van der Waals surface area contributed by atoms with Gasteiger partial charge in [0.05, 0.1) is 40.3 Å². The van der Waals surface area contributed by atoms with E-state index in [4.69, 9.17) is 13.8 Å². The average molecular weight is 854 g/mol. The summed E-state index contributed by atoms with van der Waals surface area (Å²) in [6, 6.07) is 45.8. The van der Waals surface area contributed by atoms with Crippen molar-refractivity contribution in [2.45, 2.75) is 66.7 Å². The first kappa shape index (κ1) is 36.1. The third-order valence-corrected chi connectivity index (χ3v) is 12.0. The van der Waals surface area contributed by atoms with Crippen LogP contribution in [-0.2, 0) is 18.3 Å². The van der Waals surface area contributed by atoms with Crippen molar-refractivity contribution >= 4 is 32.8 Å². The van der Waals surface area contributed by atoms with Gasteiger partial charge in [-0.2, -0.15) is 0 Å². The van der Waals surface area contributed by atoms with Gasteiger partial charge < -0.3 is 4.74 Å². The fourth-order valence-electron chi connectivity index (χ4n) is 9.21. The number of rotatable bonds is 11. The van der Waals surface area contributed by atoms with Crippen molar-refractivity contribution in [3.8, 4) is 50.9 Å². The summed E-state index contributed by atoms with van der Waals surface area (Å²) in [7, 11) is 0. The number of nitrogens with zero attached hydrogens (tertiary/aromatic N) is 4. The van der Waals surface area contributed by atoms with Crippen LogP contribution in [0.5, 0.6) is 11.5 Å². The summed E-state index contributed by atoms with van der Waals surface area (Å²) in [4.78, 5) is 4.87. The maximum atomic E-state index is 9.19. The van der Waals surface area contributed by atoms with Gasteiger partial charge in [0, 0.05) is 23.0 Å². The van der Waals surface area contributed by atoms with E-state index in [-0.39, 0.29) is 35.1 Å². The van der Waals surface area contributed by atoms with E-state index in [9.17, 15) is 2.74 Å². The van der Waals surface area contributed by atoms with E-state index >= 15 is 0 Å². The monoisotopic (exact) mass is 853 g/mol. The second-order valence-electron chi connectivity index (χ2n) is 19.0. The van der Waals surface area contributed by atoms with Crippen LogP contribution in [-0.4, -0.2) is 14.1 Å². The van der Waals surface area contributed by atoms with E-state index in [1.165, 1.54) is 16.7 Å². The number of benzene rings is 7. The molecule has 3 aromatic heterocycles. The summed E-state index contributed by atoms with van der Waals surface area (Å²) in [5.41, 5.74) is 11.2. The molecule has 0 atom stereocenters. The second kappa shape index (κ2) is 17.0. The lowest BCUT2D eigenvalue weighted by atomic mass is 9.88. The Balaban J connectivity index is 1.13. The Bertz CT molecular complexity index is 3600. The molecule has 0 amide bonds. The Labute approximate surface area is 390 Å². The summed E-state index contributed by atoms with van der Waals surface area (Å²) in [5.74, 6) is 3.01. The van der Waals surface area contributed by atoms with Crippen LogP contribution in [0.2, 0.25) is 0 Å². The Hall–Kier alpha value is -7.24. The first-order valence-electron chi connectivity index (χ1n) is 25.1. The standard InChI is InChI=1S/C60H56N4O/c1-40(2)31-42-33-43(32-41(3)4)35-45(34-42)51-23-16-22-50(44-17-9-8-10-18-44)59(51)63-39-62(55-25-13-14-26-56(55)63)47-19-15-20-48(37-47)65-49-27-28-53-52-21-11-12-24-54(52)64(57(53)38-49)58-36-46(29-30-61-58)60(5,6)7/h8-30,33-38,40-41H,31-32H2,1-7H3/i8D,9D,10D,17D,18D. The summed E-state index contributed by atoms with van der Waals surface area (Å²) < 4.78 is 57.2. The number of hydrogen-bond acceptors (Lipinski definition) is 2. The largest absolute Gasteiger partial charge is 0.458 e. The molecule has 0 bridgehead atoms. The van der Waals surface area contributed by atoms with Gasteiger partial charge in [-0.1, -0.05) is 164 Å². The zero-order chi connectivity index (χ0) is 49.2. The summed E-state index contributed by atoms with van der Waals surface area (Å²) in [6.45, 7) is 15.5. The number of para-hydroxylation sites is 4. The summed E-state index contributed by atoms with van der Waals surface area (Å²) in [5, 5.41) is 2.23. The fraction of sp³-hybridized carbons (Fsp3) is 0.200. The predicted molar refractivity (Wildman–Crippen MR) is 269 cm³/mol. The molecule has 0 spiro atoms. The van der Waals surface area contributed by atoms with E-state index in [1.54, 1.807) is 0 Å². The number of pyridine rings is 1. The van der Waals surface area contributed by atoms with Crippen LogP contribution in [0.4, 0.5) is 0 Å². The molecule has 0 saturated heterocycles. The Morgan fingerprint density at radius 2 is 1.29 bits per heavy atom. The molecule has 65 heavy (non-hydrogen) atoms. The first-order valence-corrected chi connectivity index (χ1v) is 22.6. The number of hydrogen-bond donors (Lipinski definition) is 0. The number of aromatic nitrogens is 4. The number of ether oxygens (including phenoxy) is 1. The third-order valence-electron chi connectivity index (χ3n) is 12.0. The van der Waals surface area contributed by atoms with Crippen molar-refractivity contribution in [3.05, 3.63) is 199 Å². The molecule has 0 unspecified atom stereocenters. The number of imidazole rings is 1. The maximum absolute atomic E-state index is 9.19. The Morgan fingerprint density at radius 1 is 0.631 bits per heavy atom. The molecule has 10 rings (SSSR count). The van der Waals surface area contributed by atoms with Crippen LogP contribution in [0, 0.1) is 18.2 Å². The molecule has 0 aliphatic carbocycles. The van der Waals surface area contributed by atoms with Crippen LogP contribution in [0.1, 0.15) is 72.0 Å². The molecule has 0 aliphatic rings. The van der Waals surface area contributed by atoms with Crippen molar-refractivity contribution in [2.24, 2.45) is 11.8 Å². The molecule has 3 heterocycles. The summed E-state index contributed by atoms with van der Waals surface area (Å²) in [6.07, 6.45) is 7.38. The highest BCUT2D eigenvalue weighted by Crippen LogP contribution is 2.38. The van der Waals surface area contributed by atoms with Crippen LogP contribution < -0.4 is 9.30 Å². The van der Waals surface area contributed by atoms with Crippen LogP contribution in [0.25, 0.3) is 72.3 Å². The normalized spacial score (nSPS) is 13.1. The van der Waals surface area contributed by atoms with Gasteiger partial charge in [0.1, 0.15) is 17.3 Å². The van der Waals surface area contributed by atoms with E-state index in [0.29, 0.717) is 34.6 Å². The molecule has 5 heteroatoms. The van der Waals surface area contributed by atoms with Crippen LogP contribution in [0.3, 0.4) is 0 Å². The van der Waals surface area contributed by atoms with Gasteiger partial charge >= 0.3 is 0 Å². The topological polar surface area (TPSA) is 35.9 Å². The molecule has 322 valence electrons. The molecular weight excluding hydrogens is 793 g/mol. The smallest absolute Gasteiger partial charge is 0.269 e. The fourth-order valence-corrected chi connectivity index (χ4v) is 9.21. The van der Waals surface area contributed by atoms with Gasteiger partial charge in [0.25, 0.3) is 6.33 Å². The Morgan fingerprint density at radius 3 is 2.03 bits per heavy atom. The molecule has 0 radical (unpaired) electrons. The molecule has 10 aromatic rings. The van der Waals surface area contributed by atoms with Gasteiger partial charge in [-0.05, 0) is 118 Å². The van der Waals surface area contributed by atoms with Crippen molar-refractivity contribution in [1.29, 1.82) is 0 Å². The first-order chi connectivity index (χ1) is 33.5. The second-order valence-corrected chi connectivity index (χ2v) is 19.0. The van der Waals surface area contributed by atoms with Crippen LogP contribution in [0.15, 0.2) is 176 Å². The van der Waals surface area contributed by atoms with E-state index in [1.807, 2.05) is 82.1 Å². The van der Waals surface area contributed by atoms with Crippen LogP contribution >= 0.6 is 0 Å². The zero-order valence-corrected chi connectivity index (χ0v) is 38.1. The van der Waals surface area contributed by atoms with E-state index < -0.39 is 6.04 Å². The molecule has 0 N–H and O–H groups in total. The van der Waals surface area contributed by atoms with Gasteiger partial charge in [-0.25, -0.2) is 4.98 Å². The minimum atomic E-state index is -0.431. The van der Waals surface area contributed by atoms with Gasteiger partial charge in [0.2, 0.25) is 0 Å². The minimum absolute atomic E-state index is 0.0517. The maximum Gasteiger partial charge on any atom is 0.269 e. The van der Waals surface area contributed by atoms with Gasteiger partial charge in [-0.3, -0.25) is 13.7 Å². The number of fused-ring (bicyclic) bond motifs is 4. The van der Waals surface area contributed by atoms with E-state index in [0.717, 1.165) is 68.3 Å². The SMILES string of the molecule is [2H]c1c([2H])c([2H])c(-c2cccc(-c3cc(CC(C)C)cc(CC(C)C)c3)c2-[n+]2[c-]n(-c3cccc(Oc4ccc5c6ccccc6n(-c6cc(C(C)(C)C)ccn6)c5c4)c3)c3ccccc32)c([2H])c1[2H]. The molecular formula is C60H56N4O. The molecule has 0 aliphatic heterocycles.